The molecule has 2 aromatic carbocycles. The van der Waals surface area contributed by atoms with Gasteiger partial charge >= 0.3 is 0 Å². The average molecular weight is 447 g/mol. The number of amides is 1. The van der Waals surface area contributed by atoms with Crippen molar-refractivity contribution in [2.45, 2.75) is 38.0 Å². The highest BCUT2D eigenvalue weighted by Crippen LogP contribution is 2.26. The first-order chi connectivity index (χ1) is 15.6. The fourth-order valence-electron chi connectivity index (χ4n) is 3.48. The van der Waals surface area contributed by atoms with E-state index in [1.807, 2.05) is 34.9 Å². The number of carbonyl (C=O) groups is 1. The largest absolute Gasteiger partial charge is 0.461 e. The van der Waals surface area contributed by atoms with E-state index in [1.54, 1.807) is 6.26 Å². The molecule has 4 rings (SSSR count). The Kier molecular flexibility index (Phi) is 7.07. The van der Waals surface area contributed by atoms with Gasteiger partial charge in [-0.25, -0.2) is 0 Å². The number of thioether (sulfide) groups is 1. The molecular formula is C25H26N4O2S. The molecule has 2 aromatic heterocycles. The molecule has 0 aliphatic rings. The third-order valence-corrected chi connectivity index (χ3v) is 6.16. The molecule has 7 heteroatoms. The quantitative estimate of drug-likeness (QED) is 0.355. The van der Waals surface area contributed by atoms with Crippen LogP contribution in [0.5, 0.6) is 0 Å². The topological polar surface area (TPSA) is 73.0 Å². The van der Waals surface area contributed by atoms with Gasteiger partial charge < -0.3 is 9.73 Å². The van der Waals surface area contributed by atoms with Crippen LogP contribution in [-0.2, 0) is 11.3 Å². The lowest BCUT2D eigenvalue weighted by molar-refractivity contribution is -0.119. The fraction of sp³-hybridized carbons (Fsp3) is 0.240. The second-order valence-electron chi connectivity index (χ2n) is 7.58. The number of benzene rings is 2. The molecule has 2 heterocycles. The average Bonchev–Trinajstić information content (AvgIpc) is 3.47. The van der Waals surface area contributed by atoms with Gasteiger partial charge in [-0.3, -0.25) is 9.36 Å². The van der Waals surface area contributed by atoms with Crippen molar-refractivity contribution in [2.75, 3.05) is 5.75 Å². The first kappa shape index (κ1) is 21.9. The van der Waals surface area contributed by atoms with E-state index in [2.05, 4.69) is 65.8 Å². The number of hydrogen-bond donors (Lipinski definition) is 1. The Morgan fingerprint density at radius 3 is 2.53 bits per heavy atom. The van der Waals surface area contributed by atoms with E-state index in [4.69, 9.17) is 4.42 Å². The first-order valence-corrected chi connectivity index (χ1v) is 11.6. The van der Waals surface area contributed by atoms with Crippen LogP contribution in [0, 0.1) is 6.92 Å². The van der Waals surface area contributed by atoms with E-state index >= 15 is 0 Å². The van der Waals surface area contributed by atoms with Gasteiger partial charge in [-0.05, 0) is 36.6 Å². The molecule has 0 fully saturated rings. The molecule has 0 radical (unpaired) electrons. The van der Waals surface area contributed by atoms with Crippen molar-refractivity contribution < 1.29 is 9.21 Å². The van der Waals surface area contributed by atoms with Gasteiger partial charge in [-0.2, -0.15) is 0 Å². The molecule has 32 heavy (non-hydrogen) atoms. The van der Waals surface area contributed by atoms with Gasteiger partial charge in [0.05, 0.1) is 24.6 Å². The number of carbonyl (C=O) groups excluding carboxylic acids is 1. The molecule has 164 valence electrons. The van der Waals surface area contributed by atoms with Gasteiger partial charge in [0.2, 0.25) is 11.7 Å². The Labute approximate surface area is 192 Å². The van der Waals surface area contributed by atoms with Crippen LogP contribution in [0.4, 0.5) is 0 Å². The molecule has 0 bridgehead atoms. The summed E-state index contributed by atoms with van der Waals surface area (Å²) in [5.41, 5.74) is 3.44. The molecule has 1 amide bonds. The highest BCUT2D eigenvalue weighted by atomic mass is 32.2. The number of nitrogens with zero attached hydrogens (tertiary/aromatic N) is 3. The summed E-state index contributed by atoms with van der Waals surface area (Å²) in [6, 6.07) is 22.1. The number of rotatable bonds is 9. The minimum atomic E-state index is -0.0313. The molecule has 6 nitrogen and oxygen atoms in total. The first-order valence-electron chi connectivity index (χ1n) is 10.6. The van der Waals surface area contributed by atoms with E-state index in [1.165, 1.54) is 17.3 Å². The summed E-state index contributed by atoms with van der Waals surface area (Å²) < 4.78 is 7.54. The Hall–Kier alpha value is -3.32. The zero-order valence-corrected chi connectivity index (χ0v) is 19.0. The third-order valence-electron chi connectivity index (χ3n) is 5.20. The summed E-state index contributed by atoms with van der Waals surface area (Å²) in [6.45, 7) is 4.72. The minimum Gasteiger partial charge on any atom is -0.461 e. The van der Waals surface area contributed by atoms with E-state index in [0.717, 1.165) is 17.5 Å². The highest BCUT2D eigenvalue weighted by Gasteiger charge is 2.19. The van der Waals surface area contributed by atoms with Crippen LogP contribution >= 0.6 is 11.8 Å². The number of nitrogens with one attached hydrogen (secondary N) is 1. The van der Waals surface area contributed by atoms with Crippen LogP contribution in [0.15, 0.2) is 82.6 Å². The molecule has 1 unspecified atom stereocenters. The lowest BCUT2D eigenvalue weighted by Gasteiger charge is -2.17. The molecule has 0 saturated carbocycles. The van der Waals surface area contributed by atoms with Crippen LogP contribution in [0.1, 0.15) is 36.1 Å². The summed E-state index contributed by atoms with van der Waals surface area (Å²) in [5.74, 6) is 1.52. The zero-order valence-electron chi connectivity index (χ0n) is 18.2. The lowest BCUT2D eigenvalue weighted by atomic mass is 10.0. The summed E-state index contributed by atoms with van der Waals surface area (Å²) in [7, 11) is 0. The van der Waals surface area contributed by atoms with Crippen LogP contribution in [-0.4, -0.2) is 26.4 Å². The monoisotopic (exact) mass is 446 g/mol. The number of furan rings is 1. The van der Waals surface area contributed by atoms with Crippen LogP contribution in [0.25, 0.3) is 11.6 Å². The van der Waals surface area contributed by atoms with Gasteiger partial charge in [-0.1, -0.05) is 78.8 Å². The lowest BCUT2D eigenvalue weighted by Crippen LogP contribution is -2.29. The van der Waals surface area contributed by atoms with Gasteiger partial charge in [0, 0.05) is 0 Å². The van der Waals surface area contributed by atoms with E-state index in [9.17, 15) is 4.79 Å². The Morgan fingerprint density at radius 2 is 1.84 bits per heavy atom. The molecule has 4 aromatic rings. The molecule has 0 spiro atoms. The van der Waals surface area contributed by atoms with Gasteiger partial charge in [0.1, 0.15) is 0 Å². The maximum atomic E-state index is 12.7. The molecule has 0 aliphatic heterocycles. The maximum absolute atomic E-state index is 12.7. The van der Waals surface area contributed by atoms with Crippen molar-refractivity contribution in [1.29, 1.82) is 0 Å². The molecule has 1 N–H and O–H groups in total. The van der Waals surface area contributed by atoms with Gasteiger partial charge in [0.25, 0.3) is 0 Å². The van der Waals surface area contributed by atoms with Gasteiger partial charge in [0.15, 0.2) is 10.9 Å². The Bertz CT molecular complexity index is 1140. The molecule has 0 saturated heterocycles. The van der Waals surface area contributed by atoms with E-state index in [0.29, 0.717) is 23.3 Å². The maximum Gasteiger partial charge on any atom is 0.230 e. The third kappa shape index (κ3) is 5.29. The smallest absolute Gasteiger partial charge is 0.230 e. The van der Waals surface area contributed by atoms with E-state index < -0.39 is 0 Å². The Balaban J connectivity index is 1.47. The summed E-state index contributed by atoms with van der Waals surface area (Å²) in [4.78, 5) is 12.7. The second-order valence-corrected chi connectivity index (χ2v) is 8.53. The fourth-order valence-corrected chi connectivity index (χ4v) is 4.23. The van der Waals surface area contributed by atoms with Crippen molar-refractivity contribution in [3.05, 3.63) is 89.7 Å². The van der Waals surface area contributed by atoms with Crippen molar-refractivity contribution in [3.63, 3.8) is 0 Å². The standard InChI is InChI=1S/C25H26N4O2S/c1-3-21(20-13-11-18(2)12-14-20)26-23(30)17-32-25-28-27-24(22-10-7-15-31-22)29(25)16-19-8-5-4-6-9-19/h4-15,21H,3,16-17H2,1-2H3,(H,26,30). The molecule has 0 aliphatic carbocycles. The van der Waals surface area contributed by atoms with Crippen molar-refractivity contribution in [1.82, 2.24) is 20.1 Å². The van der Waals surface area contributed by atoms with Crippen LogP contribution < -0.4 is 5.32 Å². The Morgan fingerprint density at radius 1 is 1.06 bits per heavy atom. The summed E-state index contributed by atoms with van der Waals surface area (Å²) in [5, 5.41) is 12.5. The van der Waals surface area contributed by atoms with Crippen molar-refractivity contribution in [3.8, 4) is 11.6 Å². The molecular weight excluding hydrogens is 420 g/mol. The minimum absolute atomic E-state index is 0.00966. The molecule has 1 atom stereocenters. The number of hydrogen-bond acceptors (Lipinski definition) is 5. The van der Waals surface area contributed by atoms with Crippen LogP contribution in [0.3, 0.4) is 0 Å². The summed E-state index contributed by atoms with van der Waals surface area (Å²) >= 11 is 1.38. The number of aromatic nitrogens is 3. The predicted molar refractivity (Wildman–Crippen MR) is 126 cm³/mol. The summed E-state index contributed by atoms with van der Waals surface area (Å²) in [6.07, 6.45) is 2.44. The van der Waals surface area contributed by atoms with Crippen LogP contribution in [0.2, 0.25) is 0 Å². The van der Waals surface area contributed by atoms with Gasteiger partial charge in [-0.15, -0.1) is 10.2 Å². The normalized spacial score (nSPS) is 11.9. The highest BCUT2D eigenvalue weighted by molar-refractivity contribution is 7.99. The predicted octanol–water partition coefficient (Wildman–Crippen LogP) is 5.25. The van der Waals surface area contributed by atoms with Crippen molar-refractivity contribution >= 4 is 17.7 Å². The van der Waals surface area contributed by atoms with Crippen molar-refractivity contribution in [2.24, 2.45) is 0 Å². The number of aryl methyl sites for hydroxylation is 1. The zero-order chi connectivity index (χ0) is 22.3. The SMILES string of the molecule is CCC(NC(=O)CSc1nnc(-c2ccco2)n1Cc1ccccc1)c1ccc(C)cc1. The second kappa shape index (κ2) is 10.3. The van der Waals surface area contributed by atoms with E-state index in [-0.39, 0.29) is 17.7 Å².